The molecule has 1 N–H and O–H groups in total. The Morgan fingerprint density at radius 2 is 1.71 bits per heavy atom. The lowest BCUT2D eigenvalue weighted by atomic mass is 9.45. The van der Waals surface area contributed by atoms with E-state index in [9.17, 15) is 5.11 Å². The third-order valence-corrected chi connectivity index (χ3v) is 11.8. The molecule has 0 aromatic heterocycles. The van der Waals surface area contributed by atoms with Crippen LogP contribution < -0.4 is 0 Å². The van der Waals surface area contributed by atoms with Crippen molar-refractivity contribution in [3.8, 4) is 0 Å². The minimum absolute atomic E-state index is 0.0103. The summed E-state index contributed by atoms with van der Waals surface area (Å²) >= 11 is 0. The summed E-state index contributed by atoms with van der Waals surface area (Å²) in [7, 11) is 0. The van der Waals surface area contributed by atoms with Gasteiger partial charge in [-0.1, -0.05) is 53.9 Å². The van der Waals surface area contributed by atoms with Crippen LogP contribution in [0.25, 0.3) is 0 Å². The number of hydrogen-bond donors (Lipinski definition) is 1. The molecule has 5 rings (SSSR count). The molecule has 160 valence electrons. The Bertz CT molecular complexity index is 611. The van der Waals surface area contributed by atoms with E-state index in [1.807, 2.05) is 0 Å². The fourth-order valence-corrected chi connectivity index (χ4v) is 10.3. The smallest absolute Gasteiger partial charge is 0.0607 e. The quantitative estimate of drug-likeness (QED) is 0.535. The second kappa shape index (κ2) is 6.48. The molecule has 0 amide bonds. The van der Waals surface area contributed by atoms with Crippen LogP contribution in [0.1, 0.15) is 105 Å². The number of aliphatic hydroxyl groups excluding tert-OH is 1. The molecule has 28 heavy (non-hydrogen) atoms. The van der Waals surface area contributed by atoms with Crippen LogP contribution in [0.5, 0.6) is 0 Å². The molecule has 1 heteroatoms. The third kappa shape index (κ3) is 2.47. The number of aliphatic hydroxyl groups is 1. The van der Waals surface area contributed by atoms with Crippen LogP contribution in [-0.4, -0.2) is 11.2 Å². The van der Waals surface area contributed by atoms with Crippen molar-refractivity contribution in [2.24, 2.45) is 57.7 Å². The molecule has 0 aromatic carbocycles. The van der Waals surface area contributed by atoms with Crippen LogP contribution in [0.15, 0.2) is 0 Å². The van der Waals surface area contributed by atoms with Gasteiger partial charge in [0.25, 0.3) is 0 Å². The highest BCUT2D eigenvalue weighted by atomic mass is 16.3. The van der Waals surface area contributed by atoms with Gasteiger partial charge in [0.05, 0.1) is 6.10 Å². The van der Waals surface area contributed by atoms with Crippen molar-refractivity contribution < 1.29 is 5.11 Å². The van der Waals surface area contributed by atoms with E-state index in [-0.39, 0.29) is 6.10 Å². The lowest BCUT2D eigenvalue weighted by Crippen LogP contribution is -2.56. The summed E-state index contributed by atoms with van der Waals surface area (Å²) < 4.78 is 0. The predicted octanol–water partition coefficient (Wildman–Crippen LogP) is 7.08. The van der Waals surface area contributed by atoms with Crippen molar-refractivity contribution in [1.29, 1.82) is 0 Å². The average molecular weight is 387 g/mol. The van der Waals surface area contributed by atoms with Gasteiger partial charge in [-0.15, -0.1) is 0 Å². The van der Waals surface area contributed by atoms with Gasteiger partial charge in [-0.05, 0) is 104 Å². The first-order chi connectivity index (χ1) is 13.2. The van der Waals surface area contributed by atoms with Crippen molar-refractivity contribution in [2.75, 3.05) is 0 Å². The van der Waals surface area contributed by atoms with Gasteiger partial charge in [-0.25, -0.2) is 0 Å². The van der Waals surface area contributed by atoms with Crippen LogP contribution in [0.4, 0.5) is 0 Å². The number of rotatable bonds is 5. The third-order valence-electron chi connectivity index (χ3n) is 11.8. The van der Waals surface area contributed by atoms with Crippen molar-refractivity contribution >= 4 is 0 Å². The number of hydrogen-bond acceptors (Lipinski definition) is 1. The summed E-state index contributed by atoms with van der Waals surface area (Å²) in [6.45, 7) is 12.6. The topological polar surface area (TPSA) is 20.2 Å². The lowest BCUT2D eigenvalue weighted by molar-refractivity contribution is -0.152. The molecule has 5 fully saturated rings. The molecule has 0 unspecified atom stereocenters. The van der Waals surface area contributed by atoms with Gasteiger partial charge in [0, 0.05) is 5.41 Å². The Labute approximate surface area is 174 Å². The predicted molar refractivity (Wildman–Crippen MR) is 117 cm³/mol. The fourth-order valence-electron chi connectivity index (χ4n) is 10.3. The van der Waals surface area contributed by atoms with Crippen LogP contribution in [0.2, 0.25) is 0 Å². The van der Waals surface area contributed by atoms with E-state index in [0.29, 0.717) is 16.2 Å². The molecule has 1 spiro atoms. The second-order valence-electron chi connectivity index (χ2n) is 13.1. The standard InChI is InChI=1S/C27H46O/c1-17(2)7-6-8-18(3)21-9-10-22-20-15-24(28)27-16-19(27)11-14-26(27,5)23(20)12-13-25(21,22)4/h17-24,28H,6-16H2,1-5H3/t18-,19+,20-,21+,22-,23-,24+,25+,26+,27-/m0/s1. The van der Waals surface area contributed by atoms with Crippen molar-refractivity contribution in [2.45, 2.75) is 111 Å². The van der Waals surface area contributed by atoms with E-state index in [1.165, 1.54) is 64.2 Å². The highest BCUT2D eigenvalue weighted by Crippen LogP contribution is 2.81. The second-order valence-corrected chi connectivity index (χ2v) is 13.1. The van der Waals surface area contributed by atoms with Gasteiger partial charge in [-0.3, -0.25) is 0 Å². The summed E-state index contributed by atoms with van der Waals surface area (Å²) in [5.74, 6) is 6.17. The van der Waals surface area contributed by atoms with E-state index >= 15 is 0 Å². The normalized spacial score (nSPS) is 55.4. The molecular weight excluding hydrogens is 340 g/mol. The summed E-state index contributed by atoms with van der Waals surface area (Å²) in [6, 6.07) is 0. The Hall–Kier alpha value is -0.0400. The minimum Gasteiger partial charge on any atom is -0.393 e. The monoisotopic (exact) mass is 386 g/mol. The fraction of sp³-hybridized carbons (Fsp3) is 1.00. The highest BCUT2D eigenvalue weighted by molar-refractivity contribution is 5.25. The molecule has 0 saturated heterocycles. The summed E-state index contributed by atoms with van der Waals surface area (Å²) in [4.78, 5) is 0. The van der Waals surface area contributed by atoms with Gasteiger partial charge < -0.3 is 5.11 Å². The van der Waals surface area contributed by atoms with Crippen LogP contribution in [0, 0.1) is 57.7 Å². The average Bonchev–Trinajstić information content (AvgIpc) is 3.15. The van der Waals surface area contributed by atoms with E-state index in [0.717, 1.165) is 47.8 Å². The first-order valence-electron chi connectivity index (χ1n) is 12.9. The Morgan fingerprint density at radius 3 is 2.43 bits per heavy atom. The Kier molecular flexibility index (Phi) is 4.60. The zero-order valence-corrected chi connectivity index (χ0v) is 19.3. The Morgan fingerprint density at radius 1 is 0.929 bits per heavy atom. The molecule has 5 aliphatic carbocycles. The SMILES string of the molecule is CC(C)CCC[C@H](C)[C@H]1CC[C@H]2[C@@H]3C[C@@H](O)[C@]45C[C@H]4CC[C@]5(C)[C@H]3CC[C@]12C. The molecule has 0 bridgehead atoms. The van der Waals surface area contributed by atoms with Gasteiger partial charge in [0.15, 0.2) is 0 Å². The van der Waals surface area contributed by atoms with Gasteiger partial charge >= 0.3 is 0 Å². The molecule has 0 heterocycles. The van der Waals surface area contributed by atoms with Crippen LogP contribution in [0.3, 0.4) is 0 Å². The molecule has 5 aliphatic rings. The lowest BCUT2D eigenvalue weighted by Gasteiger charge is -2.60. The van der Waals surface area contributed by atoms with Crippen molar-refractivity contribution in [1.82, 2.24) is 0 Å². The molecule has 0 radical (unpaired) electrons. The maximum atomic E-state index is 11.3. The first-order valence-corrected chi connectivity index (χ1v) is 12.9. The minimum atomic E-state index is 0.0103. The van der Waals surface area contributed by atoms with E-state index in [1.54, 1.807) is 0 Å². The zero-order valence-electron chi connectivity index (χ0n) is 19.3. The number of fused-ring (bicyclic) bond motifs is 4. The van der Waals surface area contributed by atoms with E-state index < -0.39 is 0 Å². The summed E-state index contributed by atoms with van der Waals surface area (Å²) in [5.41, 5.74) is 1.37. The molecule has 10 atom stereocenters. The molecule has 1 nitrogen and oxygen atoms in total. The molecule has 5 saturated carbocycles. The van der Waals surface area contributed by atoms with Crippen molar-refractivity contribution in [3.05, 3.63) is 0 Å². The van der Waals surface area contributed by atoms with Crippen LogP contribution >= 0.6 is 0 Å². The highest BCUT2D eigenvalue weighted by Gasteiger charge is 2.77. The summed E-state index contributed by atoms with van der Waals surface area (Å²) in [5, 5.41) is 11.3. The first kappa shape index (κ1) is 19.9. The molecule has 0 aromatic rings. The maximum absolute atomic E-state index is 11.3. The molecular formula is C27H46O. The Balaban J connectivity index is 1.34. The molecule has 0 aliphatic heterocycles. The largest absolute Gasteiger partial charge is 0.393 e. The van der Waals surface area contributed by atoms with E-state index in [2.05, 4.69) is 34.6 Å². The van der Waals surface area contributed by atoms with Gasteiger partial charge in [0.2, 0.25) is 0 Å². The van der Waals surface area contributed by atoms with E-state index in [4.69, 9.17) is 0 Å². The zero-order chi connectivity index (χ0) is 19.9. The summed E-state index contributed by atoms with van der Waals surface area (Å²) in [6.07, 6.45) is 15.4. The maximum Gasteiger partial charge on any atom is 0.0607 e. The van der Waals surface area contributed by atoms with Crippen molar-refractivity contribution in [3.63, 3.8) is 0 Å². The van der Waals surface area contributed by atoms with Gasteiger partial charge in [-0.2, -0.15) is 0 Å². The van der Waals surface area contributed by atoms with Crippen LogP contribution in [-0.2, 0) is 0 Å². The van der Waals surface area contributed by atoms with Gasteiger partial charge in [0.1, 0.15) is 0 Å².